The number of aromatic nitrogens is 1. The van der Waals surface area contributed by atoms with Crippen molar-refractivity contribution < 1.29 is 22.4 Å². The zero-order valence-electron chi connectivity index (χ0n) is 13.3. The summed E-state index contributed by atoms with van der Waals surface area (Å²) in [6.07, 6.45) is 3.26. The number of amides is 2. The van der Waals surface area contributed by atoms with E-state index in [0.29, 0.717) is 12.2 Å². The molecule has 0 aliphatic carbocycles. The highest BCUT2D eigenvalue weighted by atomic mass is 32.2. The smallest absolute Gasteiger partial charge is 0.270 e. The van der Waals surface area contributed by atoms with Crippen molar-refractivity contribution in [2.75, 3.05) is 11.5 Å². The van der Waals surface area contributed by atoms with Crippen LogP contribution in [0.15, 0.2) is 41.1 Å². The van der Waals surface area contributed by atoms with E-state index in [4.69, 9.17) is 4.42 Å². The van der Waals surface area contributed by atoms with Gasteiger partial charge in [-0.1, -0.05) is 0 Å². The first-order valence-corrected chi connectivity index (χ1v) is 9.53. The summed E-state index contributed by atoms with van der Waals surface area (Å²) < 4.78 is 28.0. The standard InChI is InChI=1S/C16H17N3O5S/c20-15(18-9-13-2-1-6-24-13)11-3-5-17-14(8-11)16(21)19-12-4-7-25(22,23)10-12/h1-3,5-6,8,12H,4,7,9-10H2,(H,18,20)(H,19,21). The Labute approximate surface area is 144 Å². The summed E-state index contributed by atoms with van der Waals surface area (Å²) >= 11 is 0. The molecule has 0 aromatic carbocycles. The summed E-state index contributed by atoms with van der Waals surface area (Å²) in [5.41, 5.74) is 0.348. The van der Waals surface area contributed by atoms with Crippen LogP contribution in [0.25, 0.3) is 0 Å². The van der Waals surface area contributed by atoms with Gasteiger partial charge in [0.05, 0.1) is 24.3 Å². The summed E-state index contributed by atoms with van der Waals surface area (Å²) in [5.74, 6) is -0.246. The average Bonchev–Trinajstić information content (AvgIpc) is 3.22. The molecule has 2 aromatic heterocycles. The molecule has 0 bridgehead atoms. The first kappa shape index (κ1) is 17.2. The minimum atomic E-state index is -3.08. The van der Waals surface area contributed by atoms with E-state index in [1.165, 1.54) is 24.6 Å². The molecule has 132 valence electrons. The van der Waals surface area contributed by atoms with Gasteiger partial charge < -0.3 is 15.1 Å². The van der Waals surface area contributed by atoms with E-state index < -0.39 is 21.8 Å². The minimum Gasteiger partial charge on any atom is -0.467 e. The number of carbonyl (C=O) groups is 2. The maximum atomic E-state index is 12.2. The monoisotopic (exact) mass is 363 g/mol. The molecule has 0 saturated carbocycles. The molecule has 2 N–H and O–H groups in total. The second-order valence-electron chi connectivity index (χ2n) is 5.77. The van der Waals surface area contributed by atoms with E-state index in [1.807, 2.05) is 0 Å². The van der Waals surface area contributed by atoms with Crippen molar-refractivity contribution in [3.63, 3.8) is 0 Å². The van der Waals surface area contributed by atoms with Crippen LogP contribution in [-0.4, -0.2) is 42.8 Å². The summed E-state index contributed by atoms with van der Waals surface area (Å²) in [6.45, 7) is 0.232. The molecule has 2 aromatic rings. The van der Waals surface area contributed by atoms with E-state index in [-0.39, 0.29) is 35.2 Å². The maximum Gasteiger partial charge on any atom is 0.270 e. The molecule has 1 aliphatic rings. The average molecular weight is 363 g/mol. The SMILES string of the molecule is O=C(NCc1ccco1)c1ccnc(C(=O)NC2CCS(=O)(=O)C2)c1. The molecule has 1 saturated heterocycles. The second kappa shape index (κ2) is 7.06. The Morgan fingerprint density at radius 1 is 1.28 bits per heavy atom. The van der Waals surface area contributed by atoms with E-state index in [2.05, 4.69) is 15.6 Å². The third kappa shape index (κ3) is 4.44. The first-order chi connectivity index (χ1) is 11.9. The van der Waals surface area contributed by atoms with Crippen LogP contribution in [0.2, 0.25) is 0 Å². The van der Waals surface area contributed by atoms with Gasteiger partial charge in [-0.15, -0.1) is 0 Å². The van der Waals surface area contributed by atoms with Gasteiger partial charge in [-0.2, -0.15) is 0 Å². The third-order valence-corrected chi connectivity index (χ3v) is 5.59. The third-order valence-electron chi connectivity index (χ3n) is 3.83. The Hall–Kier alpha value is -2.68. The summed E-state index contributed by atoms with van der Waals surface area (Å²) in [7, 11) is -3.08. The van der Waals surface area contributed by atoms with Crippen molar-refractivity contribution in [3.05, 3.63) is 53.7 Å². The molecule has 9 heteroatoms. The Bertz CT molecular complexity index is 877. The lowest BCUT2D eigenvalue weighted by atomic mass is 10.2. The van der Waals surface area contributed by atoms with Gasteiger partial charge in [-0.25, -0.2) is 8.42 Å². The van der Waals surface area contributed by atoms with Crippen molar-refractivity contribution in [3.8, 4) is 0 Å². The lowest BCUT2D eigenvalue weighted by molar-refractivity contribution is 0.0936. The fourth-order valence-corrected chi connectivity index (χ4v) is 4.22. The van der Waals surface area contributed by atoms with Crippen LogP contribution in [-0.2, 0) is 16.4 Å². The Balaban J connectivity index is 1.62. The van der Waals surface area contributed by atoms with Gasteiger partial charge in [0, 0.05) is 17.8 Å². The van der Waals surface area contributed by atoms with Gasteiger partial charge in [-0.3, -0.25) is 14.6 Å². The van der Waals surface area contributed by atoms with Gasteiger partial charge >= 0.3 is 0 Å². The van der Waals surface area contributed by atoms with Crippen LogP contribution in [0.5, 0.6) is 0 Å². The number of nitrogens with zero attached hydrogens (tertiary/aromatic N) is 1. The van der Waals surface area contributed by atoms with Crippen LogP contribution in [0, 0.1) is 0 Å². The molecule has 8 nitrogen and oxygen atoms in total. The lowest BCUT2D eigenvalue weighted by Crippen LogP contribution is -2.36. The highest BCUT2D eigenvalue weighted by Crippen LogP contribution is 2.12. The number of pyridine rings is 1. The summed E-state index contributed by atoms with van der Waals surface area (Å²) in [5, 5.41) is 5.32. The van der Waals surface area contributed by atoms with Crippen molar-refractivity contribution in [2.45, 2.75) is 19.0 Å². The molecule has 2 amide bonds. The van der Waals surface area contributed by atoms with Crippen LogP contribution in [0.3, 0.4) is 0 Å². The first-order valence-electron chi connectivity index (χ1n) is 7.71. The van der Waals surface area contributed by atoms with Gasteiger partial charge in [0.25, 0.3) is 11.8 Å². The molecular formula is C16H17N3O5S. The maximum absolute atomic E-state index is 12.2. The van der Waals surface area contributed by atoms with E-state index >= 15 is 0 Å². The highest BCUT2D eigenvalue weighted by Gasteiger charge is 2.29. The molecule has 0 radical (unpaired) electrons. The quantitative estimate of drug-likeness (QED) is 0.799. The number of hydrogen-bond donors (Lipinski definition) is 2. The molecule has 1 aliphatic heterocycles. The van der Waals surface area contributed by atoms with E-state index in [0.717, 1.165) is 0 Å². The predicted octanol–water partition coefficient (Wildman–Crippen LogP) is 0.522. The molecule has 1 atom stereocenters. The van der Waals surface area contributed by atoms with Crippen molar-refractivity contribution in [1.29, 1.82) is 0 Å². The summed E-state index contributed by atoms with van der Waals surface area (Å²) in [6, 6.07) is 5.90. The number of hydrogen-bond acceptors (Lipinski definition) is 6. The Morgan fingerprint density at radius 3 is 2.80 bits per heavy atom. The number of nitrogens with one attached hydrogen (secondary N) is 2. The number of rotatable bonds is 5. The fourth-order valence-electron chi connectivity index (χ4n) is 2.55. The largest absolute Gasteiger partial charge is 0.467 e. The molecule has 3 rings (SSSR count). The van der Waals surface area contributed by atoms with E-state index in [9.17, 15) is 18.0 Å². The van der Waals surface area contributed by atoms with Crippen LogP contribution in [0.1, 0.15) is 33.0 Å². The zero-order chi connectivity index (χ0) is 17.9. The van der Waals surface area contributed by atoms with Crippen molar-refractivity contribution >= 4 is 21.7 Å². The molecule has 1 fully saturated rings. The van der Waals surface area contributed by atoms with E-state index in [1.54, 1.807) is 12.1 Å². The molecule has 1 unspecified atom stereocenters. The van der Waals surface area contributed by atoms with Crippen LogP contribution in [0.4, 0.5) is 0 Å². The van der Waals surface area contributed by atoms with Crippen molar-refractivity contribution in [1.82, 2.24) is 15.6 Å². The number of furan rings is 1. The molecule has 0 spiro atoms. The molecule has 3 heterocycles. The Kier molecular flexibility index (Phi) is 4.84. The van der Waals surface area contributed by atoms with Crippen LogP contribution < -0.4 is 10.6 Å². The normalized spacial score (nSPS) is 18.6. The predicted molar refractivity (Wildman–Crippen MR) is 88.6 cm³/mol. The minimum absolute atomic E-state index is 0.0648. The van der Waals surface area contributed by atoms with Gasteiger partial charge in [0.1, 0.15) is 11.5 Å². The number of sulfone groups is 1. The molecule has 25 heavy (non-hydrogen) atoms. The number of carbonyl (C=O) groups excluding carboxylic acids is 2. The molecular weight excluding hydrogens is 346 g/mol. The lowest BCUT2D eigenvalue weighted by Gasteiger charge is -2.11. The van der Waals surface area contributed by atoms with Gasteiger partial charge in [0.2, 0.25) is 0 Å². The Morgan fingerprint density at radius 2 is 2.12 bits per heavy atom. The highest BCUT2D eigenvalue weighted by molar-refractivity contribution is 7.91. The second-order valence-corrected chi connectivity index (χ2v) is 7.99. The van der Waals surface area contributed by atoms with Gasteiger partial charge in [0.15, 0.2) is 9.84 Å². The fraction of sp³-hybridized carbons (Fsp3) is 0.312. The van der Waals surface area contributed by atoms with Crippen molar-refractivity contribution in [2.24, 2.45) is 0 Å². The van der Waals surface area contributed by atoms with Gasteiger partial charge in [-0.05, 0) is 30.7 Å². The van der Waals surface area contributed by atoms with Crippen LogP contribution >= 0.6 is 0 Å². The zero-order valence-corrected chi connectivity index (χ0v) is 14.1. The summed E-state index contributed by atoms with van der Waals surface area (Å²) in [4.78, 5) is 28.3. The topological polar surface area (TPSA) is 118 Å².